The number of hydrogen-bond acceptors (Lipinski definition) is 6. The van der Waals surface area contributed by atoms with Gasteiger partial charge in [0.25, 0.3) is 0 Å². The molecule has 0 fully saturated rings. The Morgan fingerprint density at radius 2 is 1.90 bits per heavy atom. The number of alkyl halides is 3. The van der Waals surface area contributed by atoms with Gasteiger partial charge in [0.15, 0.2) is 4.34 Å². The first-order valence-corrected chi connectivity index (χ1v) is 10.2. The normalized spacial score (nSPS) is 12.4. The molecule has 0 saturated carbocycles. The van der Waals surface area contributed by atoms with Crippen molar-refractivity contribution in [1.29, 1.82) is 0 Å². The zero-order chi connectivity index (χ0) is 21.0. The highest BCUT2D eigenvalue weighted by atomic mass is 32.2. The van der Waals surface area contributed by atoms with Crippen molar-refractivity contribution in [3.8, 4) is 0 Å². The number of nitrogens with zero attached hydrogens (tertiary/aromatic N) is 2. The third kappa shape index (κ3) is 5.70. The van der Waals surface area contributed by atoms with Crippen LogP contribution in [0.2, 0.25) is 0 Å². The van der Waals surface area contributed by atoms with E-state index in [1.807, 2.05) is 31.2 Å². The lowest BCUT2D eigenvalue weighted by molar-refractivity contribution is -0.137. The highest BCUT2D eigenvalue weighted by Crippen LogP contribution is 2.33. The van der Waals surface area contributed by atoms with Crippen molar-refractivity contribution in [3.05, 3.63) is 59.7 Å². The minimum atomic E-state index is -4.46. The highest BCUT2D eigenvalue weighted by molar-refractivity contribution is 8.02. The summed E-state index contributed by atoms with van der Waals surface area (Å²) < 4.78 is 39.0. The van der Waals surface area contributed by atoms with E-state index in [4.69, 9.17) is 0 Å². The van der Waals surface area contributed by atoms with Gasteiger partial charge in [-0.25, -0.2) is 0 Å². The summed E-state index contributed by atoms with van der Waals surface area (Å²) in [7, 11) is 0. The van der Waals surface area contributed by atoms with Gasteiger partial charge in [-0.05, 0) is 43.7 Å². The van der Waals surface area contributed by atoms with Crippen molar-refractivity contribution in [2.45, 2.75) is 29.6 Å². The Kier molecular flexibility index (Phi) is 6.43. The molecule has 3 rings (SSSR count). The Morgan fingerprint density at radius 3 is 2.62 bits per heavy atom. The van der Waals surface area contributed by atoms with E-state index in [0.29, 0.717) is 9.47 Å². The van der Waals surface area contributed by atoms with E-state index >= 15 is 0 Å². The van der Waals surface area contributed by atoms with E-state index in [1.165, 1.54) is 35.2 Å². The Hall–Kier alpha value is -2.59. The van der Waals surface area contributed by atoms with Crippen molar-refractivity contribution >= 4 is 45.5 Å². The molecule has 1 amide bonds. The van der Waals surface area contributed by atoms with Crippen LogP contribution in [-0.4, -0.2) is 21.4 Å². The lowest BCUT2D eigenvalue weighted by Gasteiger charge is -2.12. The van der Waals surface area contributed by atoms with E-state index in [1.54, 1.807) is 6.92 Å². The molecule has 29 heavy (non-hydrogen) atoms. The molecule has 1 aromatic heterocycles. The number of halogens is 3. The monoisotopic (exact) mass is 438 g/mol. The van der Waals surface area contributed by atoms with Gasteiger partial charge in [-0.2, -0.15) is 13.2 Å². The molecule has 5 nitrogen and oxygen atoms in total. The van der Waals surface area contributed by atoms with Crippen molar-refractivity contribution in [2.75, 3.05) is 10.6 Å². The van der Waals surface area contributed by atoms with Gasteiger partial charge in [0.05, 0.1) is 10.8 Å². The van der Waals surface area contributed by atoms with Crippen molar-refractivity contribution < 1.29 is 18.0 Å². The molecule has 152 valence electrons. The Balaban J connectivity index is 1.60. The second-order valence-corrected chi connectivity index (χ2v) is 8.71. The Labute approximate surface area is 173 Å². The van der Waals surface area contributed by atoms with Gasteiger partial charge >= 0.3 is 6.18 Å². The van der Waals surface area contributed by atoms with Gasteiger partial charge in [-0.3, -0.25) is 4.79 Å². The Bertz CT molecular complexity index is 1010. The van der Waals surface area contributed by atoms with E-state index in [0.717, 1.165) is 23.4 Å². The number of nitrogens with one attached hydrogen (secondary N) is 2. The fourth-order valence-corrected chi connectivity index (χ4v) is 4.27. The predicted octanol–water partition coefficient (Wildman–Crippen LogP) is 5.73. The summed E-state index contributed by atoms with van der Waals surface area (Å²) in [6, 6.07) is 12.3. The average Bonchev–Trinajstić information content (AvgIpc) is 3.10. The van der Waals surface area contributed by atoms with Crippen LogP contribution in [0.25, 0.3) is 0 Å². The summed E-state index contributed by atoms with van der Waals surface area (Å²) in [4.78, 5) is 12.3. The van der Waals surface area contributed by atoms with Crippen molar-refractivity contribution in [1.82, 2.24) is 10.2 Å². The fraction of sp³-hybridized carbons (Fsp3) is 0.211. The molecule has 2 N–H and O–H groups in total. The zero-order valence-electron chi connectivity index (χ0n) is 15.4. The summed E-state index contributed by atoms with van der Waals surface area (Å²) in [6.07, 6.45) is -4.46. The maximum atomic E-state index is 12.8. The molecule has 1 unspecified atom stereocenters. The number of anilines is 3. The van der Waals surface area contributed by atoms with Gasteiger partial charge in [-0.15, -0.1) is 10.2 Å². The number of thioether (sulfide) groups is 1. The molecule has 0 spiro atoms. The van der Waals surface area contributed by atoms with Crippen molar-refractivity contribution in [2.24, 2.45) is 0 Å². The van der Waals surface area contributed by atoms with Crippen LogP contribution in [0.5, 0.6) is 0 Å². The van der Waals surface area contributed by atoms with Crippen LogP contribution in [-0.2, 0) is 11.0 Å². The summed E-state index contributed by atoms with van der Waals surface area (Å²) in [6.45, 7) is 3.63. The minimum absolute atomic E-state index is 0.0939. The lowest BCUT2D eigenvalue weighted by Crippen LogP contribution is -2.22. The molecule has 1 atom stereocenters. The molecule has 2 aromatic carbocycles. The maximum absolute atomic E-state index is 12.8. The van der Waals surface area contributed by atoms with Gasteiger partial charge in [-0.1, -0.05) is 47.4 Å². The van der Waals surface area contributed by atoms with Crippen LogP contribution >= 0.6 is 23.1 Å². The van der Waals surface area contributed by atoms with Gasteiger partial charge in [0, 0.05) is 11.4 Å². The summed E-state index contributed by atoms with van der Waals surface area (Å²) in [5, 5.41) is 13.8. The number of benzene rings is 2. The van der Waals surface area contributed by atoms with Crippen LogP contribution in [0, 0.1) is 6.92 Å². The number of amides is 1. The largest absolute Gasteiger partial charge is 0.416 e. The molecule has 0 radical (unpaired) electrons. The number of para-hydroxylation sites is 1. The third-order valence-electron chi connectivity index (χ3n) is 3.90. The number of rotatable bonds is 6. The molecule has 0 aliphatic heterocycles. The second-order valence-electron chi connectivity index (χ2n) is 6.14. The van der Waals surface area contributed by atoms with Crippen LogP contribution in [0.15, 0.2) is 52.9 Å². The first-order chi connectivity index (χ1) is 13.7. The number of aromatic nitrogens is 2. The Morgan fingerprint density at radius 1 is 1.14 bits per heavy atom. The molecule has 10 heteroatoms. The molecule has 3 aromatic rings. The SMILES string of the molecule is Cc1ccccc1Nc1nnc(SC(C)C(=O)Nc2cccc(C(F)(F)F)c2)s1. The second kappa shape index (κ2) is 8.83. The van der Waals surface area contributed by atoms with E-state index in [9.17, 15) is 18.0 Å². The van der Waals surface area contributed by atoms with E-state index in [-0.39, 0.29) is 5.69 Å². The summed E-state index contributed by atoms with van der Waals surface area (Å²) in [5.41, 5.74) is 1.25. The van der Waals surface area contributed by atoms with Crippen LogP contribution in [0.3, 0.4) is 0 Å². The minimum Gasteiger partial charge on any atom is -0.330 e. The summed E-state index contributed by atoms with van der Waals surface area (Å²) in [5.74, 6) is -0.419. The first-order valence-electron chi connectivity index (χ1n) is 8.53. The molecule has 0 aliphatic carbocycles. The molecule has 0 saturated heterocycles. The van der Waals surface area contributed by atoms with Crippen LogP contribution in [0.4, 0.5) is 29.7 Å². The first kappa shape index (κ1) is 21.1. The molecular formula is C19H17F3N4OS2. The van der Waals surface area contributed by atoms with Crippen LogP contribution in [0.1, 0.15) is 18.1 Å². The van der Waals surface area contributed by atoms with Crippen LogP contribution < -0.4 is 10.6 Å². The standard InChI is InChI=1S/C19H17F3N4OS2/c1-11-6-3-4-9-15(11)24-17-25-26-18(29-17)28-12(2)16(27)23-14-8-5-7-13(10-14)19(20,21)22/h3-10,12H,1-2H3,(H,23,27)(H,24,25). The maximum Gasteiger partial charge on any atom is 0.416 e. The molecule has 0 aliphatic rings. The van der Waals surface area contributed by atoms with Gasteiger partial charge in [0.1, 0.15) is 0 Å². The average molecular weight is 439 g/mol. The number of carbonyl (C=O) groups is 1. The van der Waals surface area contributed by atoms with E-state index in [2.05, 4.69) is 20.8 Å². The molecular weight excluding hydrogens is 421 g/mol. The molecule has 0 bridgehead atoms. The van der Waals surface area contributed by atoms with Gasteiger partial charge < -0.3 is 10.6 Å². The number of hydrogen-bond donors (Lipinski definition) is 2. The quantitative estimate of drug-likeness (QED) is 0.481. The molecule has 1 heterocycles. The van der Waals surface area contributed by atoms with E-state index < -0.39 is 22.9 Å². The topological polar surface area (TPSA) is 66.9 Å². The number of carbonyl (C=O) groups excluding carboxylic acids is 1. The number of aryl methyl sites for hydroxylation is 1. The highest BCUT2D eigenvalue weighted by Gasteiger charge is 2.30. The predicted molar refractivity (Wildman–Crippen MR) is 110 cm³/mol. The third-order valence-corrected chi connectivity index (χ3v) is 5.92. The smallest absolute Gasteiger partial charge is 0.330 e. The van der Waals surface area contributed by atoms with Gasteiger partial charge in [0.2, 0.25) is 11.0 Å². The summed E-state index contributed by atoms with van der Waals surface area (Å²) >= 11 is 2.48. The fourth-order valence-electron chi connectivity index (χ4n) is 2.36. The van der Waals surface area contributed by atoms with Crippen molar-refractivity contribution in [3.63, 3.8) is 0 Å². The lowest BCUT2D eigenvalue weighted by atomic mass is 10.2. The zero-order valence-corrected chi connectivity index (χ0v) is 17.1.